The number of ether oxygens (including phenoxy) is 3. The van der Waals surface area contributed by atoms with E-state index in [0.29, 0.717) is 41.0 Å². The van der Waals surface area contributed by atoms with E-state index in [1.54, 1.807) is 24.3 Å². The summed E-state index contributed by atoms with van der Waals surface area (Å²) in [5.74, 6) is -2.08. The van der Waals surface area contributed by atoms with Gasteiger partial charge in [-0.15, -0.1) is 19.8 Å². The molecule has 1 saturated heterocycles. The minimum absolute atomic E-state index is 0.250. The summed E-state index contributed by atoms with van der Waals surface area (Å²) in [5.41, 5.74) is 1.67. The van der Waals surface area contributed by atoms with Gasteiger partial charge in [-0.25, -0.2) is 8.78 Å². The number of rotatable bonds is 8. The average molecular weight is 492 g/mol. The van der Waals surface area contributed by atoms with Gasteiger partial charge in [0.2, 0.25) is 0 Å². The molecule has 3 nitrogen and oxygen atoms in total. The molecule has 0 bridgehead atoms. The Morgan fingerprint density at radius 2 is 1.74 bits per heavy atom. The van der Waals surface area contributed by atoms with Crippen molar-refractivity contribution in [1.29, 1.82) is 0 Å². The van der Waals surface area contributed by atoms with Gasteiger partial charge in [-0.05, 0) is 60.4 Å². The Morgan fingerprint density at radius 3 is 2.43 bits per heavy atom. The fraction of sp³-hybridized carbons (Fsp3) is 0.333. The van der Waals surface area contributed by atoms with Crippen molar-refractivity contribution in [3.8, 4) is 5.75 Å². The molecule has 0 atom stereocenters. The van der Waals surface area contributed by atoms with Crippen molar-refractivity contribution in [2.45, 2.75) is 38.3 Å². The number of aryl methyl sites for hydroxylation is 2. The van der Waals surface area contributed by atoms with Crippen LogP contribution in [0.3, 0.4) is 0 Å². The largest absolute Gasteiger partial charge is 0.573 e. The summed E-state index contributed by atoms with van der Waals surface area (Å²) < 4.78 is 81.4. The molecule has 0 unspecified atom stereocenters. The molecule has 3 aromatic carbocycles. The second-order valence-electron chi connectivity index (χ2n) is 8.56. The number of alkyl halides is 3. The number of halogens is 5. The highest BCUT2D eigenvalue weighted by Gasteiger charge is 2.32. The van der Waals surface area contributed by atoms with E-state index in [0.717, 1.165) is 30.5 Å². The number of fused-ring (bicyclic) bond motifs is 1. The second-order valence-corrected chi connectivity index (χ2v) is 8.56. The van der Waals surface area contributed by atoms with Crippen LogP contribution in [0.15, 0.2) is 61.2 Å². The van der Waals surface area contributed by atoms with Crippen LogP contribution in [-0.4, -0.2) is 19.6 Å². The predicted molar refractivity (Wildman–Crippen MR) is 122 cm³/mol. The molecule has 35 heavy (non-hydrogen) atoms. The van der Waals surface area contributed by atoms with E-state index in [1.807, 2.05) is 12.1 Å². The van der Waals surface area contributed by atoms with Gasteiger partial charge in [0.25, 0.3) is 0 Å². The Bertz CT molecular complexity index is 1180. The molecule has 1 aliphatic rings. The third kappa shape index (κ3) is 6.38. The van der Waals surface area contributed by atoms with Crippen molar-refractivity contribution in [3.63, 3.8) is 0 Å². The number of hydrogen-bond donors (Lipinski definition) is 0. The van der Waals surface area contributed by atoms with Crippen LogP contribution in [0.4, 0.5) is 22.0 Å². The molecule has 186 valence electrons. The lowest BCUT2D eigenvalue weighted by Gasteiger charge is -2.29. The van der Waals surface area contributed by atoms with Crippen LogP contribution < -0.4 is 4.74 Å². The number of allylic oxidation sites excluding steroid dienone is 1. The third-order valence-corrected chi connectivity index (χ3v) is 5.98. The highest BCUT2D eigenvalue weighted by Crippen LogP contribution is 2.31. The molecule has 0 spiro atoms. The summed E-state index contributed by atoms with van der Waals surface area (Å²) in [6.45, 7) is 4.91. The normalized spacial score (nSPS) is 18.5. The maximum absolute atomic E-state index is 15.2. The topological polar surface area (TPSA) is 27.7 Å². The Morgan fingerprint density at radius 1 is 0.971 bits per heavy atom. The summed E-state index contributed by atoms with van der Waals surface area (Å²) in [4.78, 5) is 0. The third-order valence-electron chi connectivity index (χ3n) is 5.98. The van der Waals surface area contributed by atoms with Crippen molar-refractivity contribution in [2.24, 2.45) is 5.92 Å². The molecule has 1 heterocycles. The Balaban J connectivity index is 1.42. The minimum atomic E-state index is -4.97. The smallest absolute Gasteiger partial charge is 0.403 e. The second kappa shape index (κ2) is 10.7. The highest BCUT2D eigenvalue weighted by atomic mass is 19.4. The van der Waals surface area contributed by atoms with E-state index >= 15 is 4.39 Å². The zero-order valence-corrected chi connectivity index (χ0v) is 18.9. The van der Waals surface area contributed by atoms with Crippen molar-refractivity contribution in [2.75, 3.05) is 13.2 Å². The standard InChI is InChI=1S/C27H25F5O3/c1-2-3-4-18-15-33-26(34-16-18)21-10-11-22-20(14-21)9-8-19(25(22)29)7-5-17-6-12-24(23(28)13-17)35-27(30,31)32/h2,6,8-14,18,26H,1,3-5,7,15-16H2. The van der Waals surface area contributed by atoms with E-state index < -0.39 is 24.2 Å². The minimum Gasteiger partial charge on any atom is -0.403 e. The number of benzene rings is 3. The first-order valence-corrected chi connectivity index (χ1v) is 11.3. The molecule has 0 amide bonds. The lowest BCUT2D eigenvalue weighted by Crippen LogP contribution is -2.27. The first-order chi connectivity index (χ1) is 16.7. The molecule has 3 aromatic rings. The van der Waals surface area contributed by atoms with Crippen molar-refractivity contribution < 1.29 is 36.2 Å². The van der Waals surface area contributed by atoms with Gasteiger partial charge in [-0.1, -0.05) is 36.4 Å². The van der Waals surface area contributed by atoms with E-state index in [9.17, 15) is 17.6 Å². The molecule has 1 aliphatic heterocycles. The zero-order chi connectivity index (χ0) is 25.0. The van der Waals surface area contributed by atoms with E-state index in [2.05, 4.69) is 11.3 Å². The Labute approximate surface area is 200 Å². The maximum Gasteiger partial charge on any atom is 0.573 e. The summed E-state index contributed by atoms with van der Waals surface area (Å²) in [5, 5.41) is 1.13. The molecular weight excluding hydrogens is 467 g/mol. The fourth-order valence-electron chi connectivity index (χ4n) is 4.14. The van der Waals surface area contributed by atoms with Crippen LogP contribution >= 0.6 is 0 Å². The van der Waals surface area contributed by atoms with Gasteiger partial charge in [-0.2, -0.15) is 0 Å². The summed E-state index contributed by atoms with van der Waals surface area (Å²) >= 11 is 0. The molecule has 0 aromatic heterocycles. The predicted octanol–water partition coefficient (Wildman–Crippen LogP) is 7.43. The quantitative estimate of drug-likeness (QED) is 0.242. The van der Waals surface area contributed by atoms with Crippen LogP contribution in [0.25, 0.3) is 10.8 Å². The van der Waals surface area contributed by atoms with Gasteiger partial charge in [-0.3, -0.25) is 0 Å². The number of hydrogen-bond acceptors (Lipinski definition) is 3. The van der Waals surface area contributed by atoms with Crippen LogP contribution in [0.2, 0.25) is 0 Å². The van der Waals surface area contributed by atoms with Gasteiger partial charge in [0.05, 0.1) is 13.2 Å². The molecule has 0 N–H and O–H groups in total. The molecule has 0 radical (unpaired) electrons. The zero-order valence-electron chi connectivity index (χ0n) is 18.9. The lowest BCUT2D eigenvalue weighted by atomic mass is 9.98. The first kappa shape index (κ1) is 25.1. The van der Waals surface area contributed by atoms with Crippen molar-refractivity contribution in [3.05, 3.63) is 89.5 Å². The average Bonchev–Trinajstić information content (AvgIpc) is 2.83. The summed E-state index contributed by atoms with van der Waals surface area (Å²) in [7, 11) is 0. The van der Waals surface area contributed by atoms with Gasteiger partial charge in [0, 0.05) is 16.9 Å². The molecule has 8 heteroatoms. The van der Waals surface area contributed by atoms with Crippen LogP contribution in [0, 0.1) is 17.6 Å². The molecule has 0 saturated carbocycles. The van der Waals surface area contributed by atoms with Crippen LogP contribution in [0.1, 0.15) is 35.8 Å². The molecule has 0 aliphatic carbocycles. The maximum atomic E-state index is 15.2. The van der Waals surface area contributed by atoms with E-state index in [-0.39, 0.29) is 18.7 Å². The highest BCUT2D eigenvalue weighted by molar-refractivity contribution is 5.84. The monoisotopic (exact) mass is 492 g/mol. The Kier molecular flexibility index (Phi) is 7.72. The van der Waals surface area contributed by atoms with Crippen molar-refractivity contribution in [1.82, 2.24) is 0 Å². The van der Waals surface area contributed by atoms with E-state index in [4.69, 9.17) is 9.47 Å². The molecular formula is C27H25F5O3. The fourth-order valence-corrected chi connectivity index (χ4v) is 4.14. The van der Waals surface area contributed by atoms with Crippen LogP contribution in [-0.2, 0) is 22.3 Å². The lowest BCUT2D eigenvalue weighted by molar-refractivity contribution is -0.275. The van der Waals surface area contributed by atoms with E-state index in [1.165, 1.54) is 6.07 Å². The summed E-state index contributed by atoms with van der Waals surface area (Å²) in [6.07, 6.45) is -1.23. The SMILES string of the molecule is C=CCCC1COC(c2ccc3c(F)c(CCc4ccc(OC(F)(F)F)c(F)c4)ccc3c2)OC1. The summed E-state index contributed by atoms with van der Waals surface area (Å²) in [6, 6.07) is 12.0. The molecule has 1 fully saturated rings. The first-order valence-electron chi connectivity index (χ1n) is 11.3. The van der Waals surface area contributed by atoms with Gasteiger partial charge < -0.3 is 14.2 Å². The van der Waals surface area contributed by atoms with Crippen molar-refractivity contribution >= 4 is 10.8 Å². The Hall–Kier alpha value is -2.97. The van der Waals surface area contributed by atoms with Crippen LogP contribution in [0.5, 0.6) is 5.75 Å². The van der Waals surface area contributed by atoms with Gasteiger partial charge in [0.15, 0.2) is 17.9 Å². The van der Waals surface area contributed by atoms with Gasteiger partial charge in [0.1, 0.15) is 5.82 Å². The van der Waals surface area contributed by atoms with Gasteiger partial charge >= 0.3 is 6.36 Å². The molecule has 4 rings (SSSR count).